The van der Waals surface area contributed by atoms with E-state index in [2.05, 4.69) is 98.7 Å². The molecule has 0 bridgehead atoms. The molecule has 0 aliphatic carbocycles. The van der Waals surface area contributed by atoms with E-state index in [1.165, 1.54) is 0 Å². The van der Waals surface area contributed by atoms with Gasteiger partial charge in [-0.1, -0.05) is 36.4 Å². The van der Waals surface area contributed by atoms with E-state index in [9.17, 15) is 0 Å². The molecule has 0 aliphatic heterocycles. The highest BCUT2D eigenvalue weighted by Crippen LogP contribution is 2.26. The van der Waals surface area contributed by atoms with Crippen LogP contribution in [0.25, 0.3) is 21.8 Å². The van der Waals surface area contributed by atoms with E-state index in [4.69, 9.17) is 0 Å². The lowest BCUT2D eigenvalue weighted by Gasteiger charge is -2.20. The molecular weight excluding hydrogens is 384 g/mol. The summed E-state index contributed by atoms with van der Waals surface area (Å²) in [6.45, 7) is 1.42. The van der Waals surface area contributed by atoms with Crippen molar-refractivity contribution in [3.05, 3.63) is 90.5 Å². The Labute approximate surface area is 181 Å². The van der Waals surface area contributed by atoms with Crippen LogP contribution in [0.4, 0.5) is 11.4 Å². The predicted molar refractivity (Wildman–Crippen MR) is 126 cm³/mol. The summed E-state index contributed by atoms with van der Waals surface area (Å²) >= 11 is 0. The molecule has 5 aromatic rings. The number of nitrogens with one attached hydrogen (secondary N) is 1. The summed E-state index contributed by atoms with van der Waals surface area (Å²) in [6.07, 6.45) is 3.68. The van der Waals surface area contributed by atoms with Crippen molar-refractivity contribution in [2.45, 2.75) is 13.1 Å². The van der Waals surface area contributed by atoms with Crippen LogP contribution in [0.2, 0.25) is 0 Å². The maximum Gasteiger partial charge on any atom is 0.0935 e. The molecule has 6 heteroatoms. The van der Waals surface area contributed by atoms with E-state index in [0.717, 1.165) is 51.1 Å². The lowest BCUT2D eigenvalue weighted by molar-refractivity contribution is 0.849. The Bertz CT molecular complexity index is 1230. The second-order valence-electron chi connectivity index (χ2n) is 7.80. The molecule has 2 aromatic carbocycles. The summed E-state index contributed by atoms with van der Waals surface area (Å²) < 4.78 is 0. The molecule has 0 amide bonds. The van der Waals surface area contributed by atoms with Gasteiger partial charge in [0.05, 0.1) is 46.9 Å². The Kier molecular flexibility index (Phi) is 4.96. The van der Waals surface area contributed by atoms with Crippen molar-refractivity contribution in [3.63, 3.8) is 0 Å². The van der Waals surface area contributed by atoms with Gasteiger partial charge in [0, 0.05) is 37.3 Å². The Morgan fingerprint density at radius 1 is 0.710 bits per heavy atom. The summed E-state index contributed by atoms with van der Waals surface area (Å²) in [5.41, 5.74) is 6.28. The fraction of sp³-hybridized carbons (Fsp3) is 0.160. The van der Waals surface area contributed by atoms with Gasteiger partial charge in [-0.2, -0.15) is 5.10 Å². The lowest BCUT2D eigenvalue weighted by atomic mass is 10.1. The smallest absolute Gasteiger partial charge is 0.0935 e. The molecule has 1 N–H and O–H groups in total. The van der Waals surface area contributed by atoms with Crippen molar-refractivity contribution >= 4 is 33.2 Å². The van der Waals surface area contributed by atoms with Crippen LogP contribution in [0.3, 0.4) is 0 Å². The first-order valence-electron chi connectivity index (χ1n) is 10.3. The molecule has 0 unspecified atom stereocenters. The molecule has 0 saturated heterocycles. The average Bonchev–Trinajstić information content (AvgIpc) is 3.24. The molecule has 31 heavy (non-hydrogen) atoms. The number of aromatic amines is 1. The van der Waals surface area contributed by atoms with Crippen molar-refractivity contribution in [3.8, 4) is 0 Å². The summed E-state index contributed by atoms with van der Waals surface area (Å²) in [7, 11) is 4.16. The van der Waals surface area contributed by atoms with E-state index in [0.29, 0.717) is 6.54 Å². The van der Waals surface area contributed by atoms with Gasteiger partial charge in [-0.15, -0.1) is 0 Å². The van der Waals surface area contributed by atoms with Gasteiger partial charge >= 0.3 is 0 Å². The van der Waals surface area contributed by atoms with Gasteiger partial charge in [-0.25, -0.2) is 0 Å². The molecular formula is C25H24N6. The first-order chi connectivity index (χ1) is 15.2. The third-order valence-corrected chi connectivity index (χ3v) is 5.54. The molecule has 3 heterocycles. The fourth-order valence-corrected chi connectivity index (χ4v) is 4.03. The topological polar surface area (TPSA) is 60.9 Å². The maximum absolute atomic E-state index is 4.57. The van der Waals surface area contributed by atoms with Crippen LogP contribution in [0.15, 0.2) is 79.1 Å². The number of hydrogen-bond acceptors (Lipinski definition) is 5. The highest BCUT2D eigenvalue weighted by atomic mass is 15.2. The number of pyridine rings is 2. The number of hydrogen-bond donors (Lipinski definition) is 1. The van der Waals surface area contributed by atoms with E-state index in [1.54, 1.807) is 0 Å². The number of rotatable bonds is 6. The highest BCUT2D eigenvalue weighted by Gasteiger charge is 2.12. The molecule has 0 fully saturated rings. The number of para-hydroxylation sites is 2. The normalized spacial score (nSPS) is 11.2. The molecule has 0 radical (unpaired) electrons. The third-order valence-electron chi connectivity index (χ3n) is 5.54. The Morgan fingerprint density at radius 3 is 1.87 bits per heavy atom. The zero-order valence-electron chi connectivity index (χ0n) is 17.7. The van der Waals surface area contributed by atoms with Crippen LogP contribution in [0.1, 0.15) is 11.4 Å². The zero-order valence-corrected chi connectivity index (χ0v) is 17.7. The SMILES string of the molecule is CN(Cc1cc(CN(C)c2cccc3cccnc23)[nH]n1)c1cccc2cccnc12. The van der Waals surface area contributed by atoms with Crippen LogP contribution >= 0.6 is 0 Å². The van der Waals surface area contributed by atoms with Crippen LogP contribution < -0.4 is 9.80 Å². The van der Waals surface area contributed by atoms with Crippen LogP contribution in [-0.2, 0) is 13.1 Å². The van der Waals surface area contributed by atoms with Gasteiger partial charge < -0.3 is 9.80 Å². The second-order valence-corrected chi connectivity index (χ2v) is 7.80. The molecule has 0 aliphatic rings. The minimum Gasteiger partial charge on any atom is -0.367 e. The van der Waals surface area contributed by atoms with Crippen molar-refractivity contribution in [1.82, 2.24) is 20.2 Å². The Morgan fingerprint density at radius 2 is 1.26 bits per heavy atom. The molecule has 0 spiro atoms. The number of benzene rings is 2. The number of nitrogens with zero attached hydrogens (tertiary/aromatic N) is 5. The van der Waals surface area contributed by atoms with Gasteiger partial charge in [-0.3, -0.25) is 15.1 Å². The number of aromatic nitrogens is 4. The summed E-state index contributed by atoms with van der Waals surface area (Å²) in [6, 6.07) is 22.8. The van der Waals surface area contributed by atoms with Crippen molar-refractivity contribution in [1.29, 1.82) is 0 Å². The first kappa shape index (κ1) is 19.1. The Balaban J connectivity index is 1.33. The Hall–Kier alpha value is -3.93. The third kappa shape index (κ3) is 3.80. The zero-order chi connectivity index (χ0) is 21.2. The van der Waals surface area contributed by atoms with Gasteiger partial charge in [0.25, 0.3) is 0 Å². The van der Waals surface area contributed by atoms with Crippen molar-refractivity contribution in [2.75, 3.05) is 23.9 Å². The summed E-state index contributed by atoms with van der Waals surface area (Å²) in [4.78, 5) is 13.5. The van der Waals surface area contributed by atoms with Gasteiger partial charge in [0.15, 0.2) is 0 Å². The highest BCUT2D eigenvalue weighted by molar-refractivity contribution is 5.91. The summed E-state index contributed by atoms with van der Waals surface area (Å²) in [5.74, 6) is 0. The van der Waals surface area contributed by atoms with E-state index < -0.39 is 0 Å². The molecule has 6 nitrogen and oxygen atoms in total. The molecule has 3 aromatic heterocycles. The van der Waals surface area contributed by atoms with E-state index in [1.807, 2.05) is 24.5 Å². The van der Waals surface area contributed by atoms with Gasteiger partial charge in [0.2, 0.25) is 0 Å². The number of H-pyrrole nitrogens is 1. The van der Waals surface area contributed by atoms with E-state index in [-0.39, 0.29) is 0 Å². The molecule has 154 valence electrons. The van der Waals surface area contributed by atoms with Gasteiger partial charge in [0.1, 0.15) is 0 Å². The van der Waals surface area contributed by atoms with Crippen LogP contribution in [0.5, 0.6) is 0 Å². The fourth-order valence-electron chi connectivity index (χ4n) is 4.03. The number of fused-ring (bicyclic) bond motifs is 2. The first-order valence-corrected chi connectivity index (χ1v) is 10.3. The molecule has 5 rings (SSSR count). The molecule has 0 saturated carbocycles. The maximum atomic E-state index is 4.57. The minimum absolute atomic E-state index is 0.700. The second kappa shape index (κ2) is 8.07. The largest absolute Gasteiger partial charge is 0.367 e. The van der Waals surface area contributed by atoms with Gasteiger partial charge in [-0.05, 0) is 30.3 Å². The number of anilines is 2. The van der Waals surface area contributed by atoms with Crippen molar-refractivity contribution < 1.29 is 0 Å². The average molecular weight is 409 g/mol. The standard InChI is InChI=1S/C25H24N6/c1-30(22-11-3-7-18-9-5-13-26-24(18)22)16-20-15-21(29-28-20)17-31(2)23-12-4-8-19-10-6-14-27-25(19)23/h3-15H,16-17H2,1-2H3,(H,28,29). The predicted octanol–water partition coefficient (Wildman–Crippen LogP) is 4.78. The van der Waals surface area contributed by atoms with Crippen molar-refractivity contribution in [2.24, 2.45) is 0 Å². The van der Waals surface area contributed by atoms with Crippen LogP contribution in [0, 0.1) is 0 Å². The summed E-state index contributed by atoms with van der Waals surface area (Å²) in [5, 5.41) is 10.0. The lowest BCUT2D eigenvalue weighted by Crippen LogP contribution is -2.17. The quantitative estimate of drug-likeness (QED) is 0.438. The monoisotopic (exact) mass is 408 g/mol. The van der Waals surface area contributed by atoms with Crippen LogP contribution in [-0.4, -0.2) is 34.3 Å². The van der Waals surface area contributed by atoms with E-state index >= 15 is 0 Å². The molecule has 0 atom stereocenters. The minimum atomic E-state index is 0.700.